The minimum Gasteiger partial charge on any atom is -0.493 e. The molecule has 0 saturated carbocycles. The second-order valence-corrected chi connectivity index (χ2v) is 5.29. The predicted octanol–water partition coefficient (Wildman–Crippen LogP) is 1.49. The summed E-state index contributed by atoms with van der Waals surface area (Å²) >= 11 is 0. The molecule has 0 aromatic carbocycles. The zero-order valence-electron chi connectivity index (χ0n) is 12.4. The second kappa shape index (κ2) is 5.13. The highest BCUT2D eigenvalue weighted by Gasteiger charge is 2.40. The topological polar surface area (TPSA) is 95.6 Å². The van der Waals surface area contributed by atoms with Gasteiger partial charge in [-0.05, 0) is 20.8 Å². The summed E-state index contributed by atoms with van der Waals surface area (Å²) in [4.78, 5) is 25.7. The van der Waals surface area contributed by atoms with Gasteiger partial charge >= 0.3 is 5.97 Å². The van der Waals surface area contributed by atoms with Crippen molar-refractivity contribution in [1.29, 1.82) is 5.26 Å². The van der Waals surface area contributed by atoms with E-state index in [-0.39, 0.29) is 40.7 Å². The average molecular weight is 291 g/mol. The van der Waals surface area contributed by atoms with Crippen LogP contribution in [0.2, 0.25) is 0 Å². The van der Waals surface area contributed by atoms with Crippen molar-refractivity contribution in [2.75, 3.05) is 13.7 Å². The van der Waals surface area contributed by atoms with Crippen LogP contribution in [-0.2, 0) is 0 Å². The zero-order chi connectivity index (χ0) is 15.9. The molecule has 0 aliphatic carbocycles. The molecule has 1 aliphatic heterocycles. The molecule has 112 valence electrons. The Balaban J connectivity index is 2.80. The van der Waals surface area contributed by atoms with Crippen molar-refractivity contribution >= 4 is 11.9 Å². The predicted molar refractivity (Wildman–Crippen MR) is 73.5 cm³/mol. The number of aromatic nitrogens is 1. The normalized spacial score (nSPS) is 17.6. The molecule has 0 unspecified atom stereocenters. The van der Waals surface area contributed by atoms with E-state index in [4.69, 9.17) is 4.74 Å². The number of aromatic carboxylic acids is 1. The number of nitrogens with zero attached hydrogens (tertiary/aromatic N) is 3. The molecule has 1 N–H and O–H groups in total. The summed E-state index contributed by atoms with van der Waals surface area (Å²) in [5, 5.41) is 18.6. The van der Waals surface area contributed by atoms with Gasteiger partial charge < -0.3 is 19.3 Å². The summed E-state index contributed by atoms with van der Waals surface area (Å²) < 4.78 is 6.61. The first-order valence-electron chi connectivity index (χ1n) is 6.61. The van der Waals surface area contributed by atoms with Gasteiger partial charge in [-0.3, -0.25) is 4.79 Å². The van der Waals surface area contributed by atoms with Gasteiger partial charge in [-0.1, -0.05) is 0 Å². The second-order valence-electron chi connectivity index (χ2n) is 5.29. The van der Waals surface area contributed by atoms with E-state index in [0.29, 0.717) is 6.54 Å². The number of carboxylic acid groups (broad SMARTS) is 1. The van der Waals surface area contributed by atoms with Crippen LogP contribution in [0.3, 0.4) is 0 Å². The lowest BCUT2D eigenvalue weighted by Gasteiger charge is -2.35. The first kappa shape index (κ1) is 14.9. The first-order chi connectivity index (χ1) is 9.84. The molecule has 0 saturated heterocycles. The Kier molecular flexibility index (Phi) is 3.64. The minimum atomic E-state index is -1.28. The van der Waals surface area contributed by atoms with Crippen LogP contribution in [0, 0.1) is 11.3 Å². The standard InChI is InChI=1S/C14H17N3O4/c1-7(2)16-6-8(3)17-9(5-15)10(14(19)20)12(21-4)11(17)13(16)18/h7-8H,6H2,1-4H3,(H,19,20)/t8-/m0/s1. The van der Waals surface area contributed by atoms with Crippen LogP contribution >= 0.6 is 0 Å². The zero-order valence-corrected chi connectivity index (χ0v) is 12.4. The van der Waals surface area contributed by atoms with E-state index < -0.39 is 5.97 Å². The van der Waals surface area contributed by atoms with E-state index in [1.807, 2.05) is 26.8 Å². The molecular formula is C14H17N3O4. The van der Waals surface area contributed by atoms with Gasteiger partial charge in [0.05, 0.1) is 13.2 Å². The van der Waals surface area contributed by atoms with Crippen LogP contribution in [-0.4, -0.2) is 46.1 Å². The lowest BCUT2D eigenvalue weighted by atomic mass is 10.1. The fraction of sp³-hybridized carbons (Fsp3) is 0.500. The van der Waals surface area contributed by atoms with Crippen molar-refractivity contribution in [2.24, 2.45) is 0 Å². The maximum absolute atomic E-state index is 12.6. The number of methoxy groups -OCH3 is 1. The smallest absolute Gasteiger partial charge is 0.342 e. The molecule has 21 heavy (non-hydrogen) atoms. The molecule has 0 spiro atoms. The lowest BCUT2D eigenvalue weighted by molar-refractivity contribution is 0.0611. The molecule has 1 atom stereocenters. The van der Waals surface area contributed by atoms with Crippen molar-refractivity contribution in [3.63, 3.8) is 0 Å². The summed E-state index contributed by atoms with van der Waals surface area (Å²) in [6.07, 6.45) is 0. The Labute approximate surface area is 122 Å². The summed E-state index contributed by atoms with van der Waals surface area (Å²) in [5.41, 5.74) is -0.154. The number of hydrogen-bond acceptors (Lipinski definition) is 4. The minimum absolute atomic E-state index is 0.0212. The Hall–Kier alpha value is -2.49. The van der Waals surface area contributed by atoms with Crippen LogP contribution in [0.5, 0.6) is 5.75 Å². The molecule has 1 amide bonds. The van der Waals surface area contributed by atoms with E-state index in [9.17, 15) is 20.0 Å². The van der Waals surface area contributed by atoms with E-state index in [2.05, 4.69) is 0 Å². The number of carboxylic acids is 1. The molecule has 0 bridgehead atoms. The monoisotopic (exact) mass is 291 g/mol. The number of rotatable bonds is 3. The summed E-state index contributed by atoms with van der Waals surface area (Å²) in [5.74, 6) is -1.63. The molecule has 1 aromatic rings. The van der Waals surface area contributed by atoms with Gasteiger partial charge in [0.15, 0.2) is 11.4 Å². The number of ether oxygens (including phenoxy) is 1. The molecule has 7 nitrogen and oxygen atoms in total. The number of carbonyl (C=O) groups excluding carboxylic acids is 1. The molecule has 1 aliphatic rings. The maximum Gasteiger partial charge on any atom is 0.342 e. The molecule has 0 fully saturated rings. The van der Waals surface area contributed by atoms with Gasteiger partial charge in [0.1, 0.15) is 17.3 Å². The molecule has 1 aromatic heterocycles. The highest BCUT2D eigenvalue weighted by Crippen LogP contribution is 2.37. The van der Waals surface area contributed by atoms with Crippen molar-refractivity contribution in [3.8, 4) is 11.8 Å². The van der Waals surface area contributed by atoms with Crippen LogP contribution in [0.15, 0.2) is 0 Å². The molecule has 0 radical (unpaired) electrons. The van der Waals surface area contributed by atoms with Gasteiger partial charge in [-0.15, -0.1) is 0 Å². The van der Waals surface area contributed by atoms with Gasteiger partial charge in [-0.25, -0.2) is 4.79 Å². The third kappa shape index (κ3) is 2.03. The van der Waals surface area contributed by atoms with E-state index in [1.54, 1.807) is 4.90 Å². The third-order valence-electron chi connectivity index (χ3n) is 3.67. The van der Waals surface area contributed by atoms with Crippen LogP contribution in [0.4, 0.5) is 0 Å². The van der Waals surface area contributed by atoms with Gasteiger partial charge in [0.25, 0.3) is 5.91 Å². The Morgan fingerprint density at radius 1 is 1.52 bits per heavy atom. The quantitative estimate of drug-likeness (QED) is 0.910. The van der Waals surface area contributed by atoms with Gasteiger partial charge in [0.2, 0.25) is 0 Å². The van der Waals surface area contributed by atoms with E-state index >= 15 is 0 Å². The van der Waals surface area contributed by atoms with Crippen LogP contribution < -0.4 is 4.74 Å². The Morgan fingerprint density at radius 3 is 2.57 bits per heavy atom. The molecule has 7 heteroatoms. The number of nitriles is 1. The fourth-order valence-electron chi connectivity index (χ4n) is 2.75. The van der Waals surface area contributed by atoms with Crippen molar-refractivity contribution in [3.05, 3.63) is 17.0 Å². The average Bonchev–Trinajstić information content (AvgIpc) is 2.77. The van der Waals surface area contributed by atoms with Crippen molar-refractivity contribution in [2.45, 2.75) is 32.9 Å². The van der Waals surface area contributed by atoms with E-state index in [0.717, 1.165) is 0 Å². The Bertz CT molecular complexity index is 654. The summed E-state index contributed by atoms with van der Waals surface area (Å²) in [6.45, 7) is 6.05. The third-order valence-corrected chi connectivity index (χ3v) is 3.67. The van der Waals surface area contributed by atoms with Crippen molar-refractivity contribution in [1.82, 2.24) is 9.47 Å². The SMILES string of the molecule is COc1c(C(=O)O)c(C#N)n2c1C(=O)N(C(C)C)C[C@@H]2C. The van der Waals surface area contributed by atoms with E-state index in [1.165, 1.54) is 11.7 Å². The lowest BCUT2D eigenvalue weighted by Crippen LogP contribution is -2.46. The number of hydrogen-bond donors (Lipinski definition) is 1. The highest BCUT2D eigenvalue weighted by atomic mass is 16.5. The molecule has 2 heterocycles. The largest absolute Gasteiger partial charge is 0.493 e. The number of fused-ring (bicyclic) bond motifs is 1. The Morgan fingerprint density at radius 2 is 2.14 bits per heavy atom. The number of amides is 1. The molecular weight excluding hydrogens is 274 g/mol. The van der Waals surface area contributed by atoms with Crippen LogP contribution in [0.25, 0.3) is 0 Å². The number of carbonyl (C=O) groups is 2. The first-order valence-corrected chi connectivity index (χ1v) is 6.61. The molecule has 2 rings (SSSR count). The van der Waals surface area contributed by atoms with Gasteiger partial charge in [-0.2, -0.15) is 5.26 Å². The fourth-order valence-corrected chi connectivity index (χ4v) is 2.75. The van der Waals surface area contributed by atoms with Gasteiger partial charge in [0, 0.05) is 12.6 Å². The summed E-state index contributed by atoms with van der Waals surface area (Å²) in [6, 6.07) is 1.67. The highest BCUT2D eigenvalue weighted by molar-refractivity contribution is 6.03. The maximum atomic E-state index is 12.6. The van der Waals surface area contributed by atoms with Crippen molar-refractivity contribution < 1.29 is 19.4 Å². The van der Waals surface area contributed by atoms with Crippen LogP contribution in [0.1, 0.15) is 53.4 Å². The summed E-state index contributed by atoms with van der Waals surface area (Å²) in [7, 11) is 1.30.